The molecule has 0 unspecified atom stereocenters. The second kappa shape index (κ2) is 3.96. The summed E-state index contributed by atoms with van der Waals surface area (Å²) in [6, 6.07) is 6.92. The zero-order chi connectivity index (χ0) is 12.0. The molecular weight excluding hydrogens is 232 g/mol. The Morgan fingerprint density at radius 1 is 1.41 bits per heavy atom. The Labute approximate surface area is 105 Å². The van der Waals surface area contributed by atoms with Crippen LogP contribution in [-0.4, -0.2) is 22.8 Å². The number of fused-ring (bicyclic) bond motifs is 1. The number of aryl methyl sites for hydroxylation is 1. The van der Waals surface area contributed by atoms with Gasteiger partial charge in [0.1, 0.15) is 0 Å². The third-order valence-corrected chi connectivity index (χ3v) is 3.94. The molecule has 90 valence electrons. The Balaban J connectivity index is 2.05. The molecule has 0 saturated heterocycles. The second-order valence-corrected chi connectivity index (χ2v) is 5.19. The van der Waals surface area contributed by atoms with Crippen LogP contribution in [0.1, 0.15) is 24.4 Å². The maximum absolute atomic E-state index is 5.41. The smallest absolute Gasteiger partial charge is 0.178 e. The summed E-state index contributed by atoms with van der Waals surface area (Å²) in [7, 11) is 1.78. The lowest BCUT2D eigenvalue weighted by Gasteiger charge is -2.35. The molecule has 0 spiro atoms. The molecule has 17 heavy (non-hydrogen) atoms. The van der Waals surface area contributed by atoms with Gasteiger partial charge >= 0.3 is 0 Å². The predicted octanol–water partition coefficient (Wildman–Crippen LogP) is 3.36. The average molecular weight is 248 g/mol. The van der Waals surface area contributed by atoms with E-state index in [9.17, 15) is 0 Å². The van der Waals surface area contributed by atoms with Crippen LogP contribution < -0.4 is 0 Å². The van der Waals surface area contributed by atoms with Crippen molar-refractivity contribution in [2.75, 3.05) is 7.11 Å². The van der Waals surface area contributed by atoms with E-state index in [2.05, 4.69) is 34.7 Å². The fraction of sp³-hybridized carbons (Fsp3) is 0.462. The number of benzene rings is 1. The van der Waals surface area contributed by atoms with Crippen LogP contribution in [0.25, 0.3) is 11.0 Å². The van der Waals surface area contributed by atoms with Crippen molar-refractivity contribution in [3.63, 3.8) is 0 Å². The topological polar surface area (TPSA) is 29.9 Å². The summed E-state index contributed by atoms with van der Waals surface area (Å²) in [6.45, 7) is 2.10. The van der Waals surface area contributed by atoms with Gasteiger partial charge in [0.2, 0.25) is 0 Å². The van der Waals surface area contributed by atoms with Crippen molar-refractivity contribution in [1.82, 2.24) is 9.55 Å². The molecule has 2 aromatic rings. The number of methoxy groups -OCH3 is 1. The van der Waals surface area contributed by atoms with Gasteiger partial charge in [-0.3, -0.25) is 0 Å². The number of aromatic nitrogens is 2. The SMILES string of the molecule is COC1CC(n2c(=S)[nH]c3cc(C)ccc32)C1. The Morgan fingerprint density at radius 2 is 2.18 bits per heavy atom. The van der Waals surface area contributed by atoms with Crippen LogP contribution >= 0.6 is 12.2 Å². The van der Waals surface area contributed by atoms with Crippen LogP contribution in [0.4, 0.5) is 0 Å². The van der Waals surface area contributed by atoms with Gasteiger partial charge in [-0.15, -0.1) is 0 Å². The normalized spacial score (nSPS) is 23.9. The highest BCUT2D eigenvalue weighted by Gasteiger charge is 2.31. The van der Waals surface area contributed by atoms with E-state index in [-0.39, 0.29) is 0 Å². The first-order chi connectivity index (χ1) is 8.19. The molecule has 0 radical (unpaired) electrons. The molecule has 1 aromatic carbocycles. The minimum Gasteiger partial charge on any atom is -0.381 e. The van der Waals surface area contributed by atoms with Gasteiger partial charge in [0.25, 0.3) is 0 Å². The summed E-state index contributed by atoms with van der Waals surface area (Å²) in [5.41, 5.74) is 3.60. The molecule has 1 saturated carbocycles. The largest absolute Gasteiger partial charge is 0.381 e. The molecule has 1 N–H and O–H groups in total. The summed E-state index contributed by atoms with van der Waals surface area (Å²) >= 11 is 5.41. The van der Waals surface area contributed by atoms with Gasteiger partial charge in [0.15, 0.2) is 4.77 Å². The van der Waals surface area contributed by atoms with Crippen molar-refractivity contribution in [3.8, 4) is 0 Å². The maximum Gasteiger partial charge on any atom is 0.178 e. The van der Waals surface area contributed by atoms with Crippen LogP contribution in [0.2, 0.25) is 0 Å². The lowest BCUT2D eigenvalue weighted by Crippen LogP contribution is -2.32. The van der Waals surface area contributed by atoms with E-state index >= 15 is 0 Å². The quantitative estimate of drug-likeness (QED) is 0.826. The maximum atomic E-state index is 5.41. The molecule has 0 amide bonds. The van der Waals surface area contributed by atoms with E-state index in [4.69, 9.17) is 17.0 Å². The number of nitrogens with zero attached hydrogens (tertiary/aromatic N) is 1. The Morgan fingerprint density at radius 3 is 2.88 bits per heavy atom. The second-order valence-electron chi connectivity index (χ2n) is 4.80. The van der Waals surface area contributed by atoms with Crippen molar-refractivity contribution >= 4 is 23.3 Å². The van der Waals surface area contributed by atoms with E-state index in [0.29, 0.717) is 12.1 Å². The first-order valence-electron chi connectivity index (χ1n) is 5.92. The molecule has 3 nitrogen and oxygen atoms in total. The number of aromatic amines is 1. The summed E-state index contributed by atoms with van der Waals surface area (Å²) in [4.78, 5) is 3.29. The van der Waals surface area contributed by atoms with Crippen LogP contribution in [-0.2, 0) is 4.74 Å². The molecule has 4 heteroatoms. The lowest BCUT2D eigenvalue weighted by atomic mass is 9.89. The number of H-pyrrole nitrogens is 1. The standard InChI is InChI=1S/C13H16N2OS/c1-8-3-4-12-11(5-8)14-13(17)15(12)9-6-10(7-9)16-2/h3-5,9-10H,6-7H2,1-2H3,(H,14,17). The van der Waals surface area contributed by atoms with E-state index < -0.39 is 0 Å². The van der Waals surface area contributed by atoms with Crippen molar-refractivity contribution in [3.05, 3.63) is 28.5 Å². The van der Waals surface area contributed by atoms with E-state index in [1.807, 2.05) is 0 Å². The van der Waals surface area contributed by atoms with Crippen LogP contribution in [0.3, 0.4) is 0 Å². The first kappa shape index (κ1) is 11.0. The fourth-order valence-electron chi connectivity index (χ4n) is 2.55. The first-order valence-corrected chi connectivity index (χ1v) is 6.33. The molecule has 1 fully saturated rings. The molecule has 1 aromatic heterocycles. The minimum atomic E-state index is 0.400. The summed E-state index contributed by atoms with van der Waals surface area (Å²) < 4.78 is 8.39. The number of imidazole rings is 1. The molecular formula is C13H16N2OS. The summed E-state index contributed by atoms with van der Waals surface area (Å²) in [5, 5.41) is 0. The molecule has 1 heterocycles. The third-order valence-electron chi connectivity index (χ3n) is 3.64. The van der Waals surface area contributed by atoms with Gasteiger partial charge in [-0.25, -0.2) is 0 Å². The number of nitrogens with one attached hydrogen (secondary N) is 1. The molecule has 1 aliphatic carbocycles. The third kappa shape index (κ3) is 1.72. The van der Waals surface area contributed by atoms with E-state index in [1.54, 1.807) is 7.11 Å². The molecule has 3 rings (SSSR count). The van der Waals surface area contributed by atoms with Crippen molar-refractivity contribution < 1.29 is 4.74 Å². The highest BCUT2D eigenvalue weighted by atomic mass is 32.1. The molecule has 0 atom stereocenters. The van der Waals surface area contributed by atoms with Gasteiger partial charge in [-0.2, -0.15) is 0 Å². The number of hydrogen-bond donors (Lipinski definition) is 1. The Bertz CT molecular complexity index is 607. The van der Waals surface area contributed by atoms with Crippen molar-refractivity contribution in [1.29, 1.82) is 0 Å². The van der Waals surface area contributed by atoms with Crippen molar-refractivity contribution in [2.45, 2.75) is 31.9 Å². The van der Waals surface area contributed by atoms with Crippen LogP contribution in [0.15, 0.2) is 18.2 Å². The lowest BCUT2D eigenvalue weighted by molar-refractivity contribution is 0.00698. The number of rotatable bonds is 2. The van der Waals surface area contributed by atoms with E-state index in [1.165, 1.54) is 11.1 Å². The Kier molecular flexibility index (Phi) is 2.56. The number of hydrogen-bond acceptors (Lipinski definition) is 2. The monoisotopic (exact) mass is 248 g/mol. The van der Waals surface area contributed by atoms with Gasteiger partial charge in [-0.1, -0.05) is 6.07 Å². The summed E-state index contributed by atoms with van der Waals surface area (Å²) in [5.74, 6) is 0. The van der Waals surface area contributed by atoms with Crippen molar-refractivity contribution in [2.24, 2.45) is 0 Å². The molecule has 0 aliphatic heterocycles. The van der Waals surface area contributed by atoms with E-state index in [0.717, 1.165) is 23.1 Å². The minimum absolute atomic E-state index is 0.400. The highest BCUT2D eigenvalue weighted by molar-refractivity contribution is 7.71. The predicted molar refractivity (Wildman–Crippen MR) is 70.9 cm³/mol. The average Bonchev–Trinajstić information content (AvgIpc) is 2.53. The highest BCUT2D eigenvalue weighted by Crippen LogP contribution is 2.36. The summed E-state index contributed by atoms with van der Waals surface area (Å²) in [6.07, 6.45) is 2.52. The molecule has 0 bridgehead atoms. The van der Waals surface area contributed by atoms with Crippen LogP contribution in [0, 0.1) is 11.7 Å². The molecule has 1 aliphatic rings. The van der Waals surface area contributed by atoms with Crippen LogP contribution in [0.5, 0.6) is 0 Å². The Hall–Kier alpha value is -1.13. The van der Waals surface area contributed by atoms with Gasteiger partial charge in [0, 0.05) is 13.2 Å². The number of ether oxygens (including phenoxy) is 1. The zero-order valence-electron chi connectivity index (χ0n) is 10.1. The van der Waals surface area contributed by atoms with Gasteiger partial charge < -0.3 is 14.3 Å². The zero-order valence-corrected chi connectivity index (χ0v) is 10.9. The van der Waals surface area contributed by atoms with Gasteiger partial charge in [0.05, 0.1) is 17.1 Å². The van der Waals surface area contributed by atoms with Gasteiger partial charge in [-0.05, 0) is 49.7 Å². The fourth-order valence-corrected chi connectivity index (χ4v) is 2.91.